The first kappa shape index (κ1) is 23.3. The van der Waals surface area contributed by atoms with Gasteiger partial charge in [-0.1, -0.05) is 64.4 Å². The number of aliphatic hydroxyl groups is 1. The average Bonchev–Trinajstić information content (AvgIpc) is 2.59. The maximum absolute atomic E-state index is 11.6. The molecule has 0 aromatic carbocycles. The van der Waals surface area contributed by atoms with Crippen LogP contribution in [0.25, 0.3) is 0 Å². The molecule has 25 heavy (non-hydrogen) atoms. The van der Waals surface area contributed by atoms with Gasteiger partial charge in [-0.15, -0.1) is 0 Å². The predicted molar refractivity (Wildman–Crippen MR) is 106 cm³/mol. The van der Waals surface area contributed by atoms with Crippen LogP contribution in [0.3, 0.4) is 0 Å². The molecule has 0 aliphatic rings. The summed E-state index contributed by atoms with van der Waals surface area (Å²) in [7, 11) is 0. The summed E-state index contributed by atoms with van der Waals surface area (Å²) in [6, 6.07) is 0. The molecule has 0 aliphatic heterocycles. The molecule has 0 rings (SSSR count). The van der Waals surface area contributed by atoms with Gasteiger partial charge >= 0.3 is 0 Å². The first-order valence-electron chi connectivity index (χ1n) is 9.67. The van der Waals surface area contributed by atoms with Crippen molar-refractivity contribution in [3.63, 3.8) is 0 Å². The van der Waals surface area contributed by atoms with E-state index in [2.05, 4.69) is 42.0 Å². The molecule has 0 saturated carbocycles. The van der Waals surface area contributed by atoms with Gasteiger partial charge in [-0.05, 0) is 49.5 Å². The summed E-state index contributed by atoms with van der Waals surface area (Å²) >= 11 is 0. The summed E-state index contributed by atoms with van der Waals surface area (Å²) in [5.41, 5.74) is 0. The number of hydrogen-bond donors (Lipinski definition) is 2. The third-order valence-electron chi connectivity index (χ3n) is 3.67. The molecule has 0 heterocycles. The molecular formula is C22H35NO2. The molecule has 1 unspecified atom stereocenters. The minimum absolute atomic E-state index is 0.258. The van der Waals surface area contributed by atoms with Crippen LogP contribution >= 0.6 is 0 Å². The van der Waals surface area contributed by atoms with Crippen LogP contribution in [0.4, 0.5) is 0 Å². The van der Waals surface area contributed by atoms with Crippen molar-refractivity contribution in [2.45, 2.75) is 84.7 Å². The Balaban J connectivity index is 3.63. The van der Waals surface area contributed by atoms with E-state index in [1.54, 1.807) is 0 Å². The van der Waals surface area contributed by atoms with Gasteiger partial charge in [0.1, 0.15) is 6.10 Å². The highest BCUT2D eigenvalue weighted by Crippen LogP contribution is 2.06. The minimum atomic E-state index is -0.889. The highest BCUT2D eigenvalue weighted by Gasteiger charge is 2.13. The fourth-order valence-electron chi connectivity index (χ4n) is 2.12. The summed E-state index contributed by atoms with van der Waals surface area (Å²) < 4.78 is 0. The van der Waals surface area contributed by atoms with Crippen LogP contribution in [0.5, 0.6) is 0 Å². The van der Waals surface area contributed by atoms with Crippen LogP contribution < -0.4 is 5.32 Å². The molecule has 0 aromatic heterocycles. The first-order valence-corrected chi connectivity index (χ1v) is 9.67. The van der Waals surface area contributed by atoms with Crippen molar-refractivity contribution >= 4 is 5.91 Å². The molecule has 0 fully saturated rings. The summed E-state index contributed by atoms with van der Waals surface area (Å²) in [6.45, 7) is 6.87. The standard InChI is InChI=1S/C22H35NO2/c1-4-5-6-7-8-9-10-11-12-13-14-15-16-17-18-21(24)22(25)23-19-20(2)3/h8-9,20-21,24H,4-7,14-19H2,1-3H3,(H,23,25). The lowest BCUT2D eigenvalue weighted by Crippen LogP contribution is -2.36. The molecule has 140 valence electrons. The van der Waals surface area contributed by atoms with Crippen LogP contribution in [0.1, 0.15) is 78.6 Å². The van der Waals surface area contributed by atoms with Crippen LogP contribution in [0.2, 0.25) is 0 Å². The molecule has 3 heteroatoms. The number of unbranched alkanes of at least 4 members (excludes halogenated alkanes) is 6. The van der Waals surface area contributed by atoms with E-state index in [-0.39, 0.29) is 5.91 Å². The number of rotatable bonds is 12. The third-order valence-corrected chi connectivity index (χ3v) is 3.67. The van der Waals surface area contributed by atoms with Gasteiger partial charge < -0.3 is 10.4 Å². The van der Waals surface area contributed by atoms with Crippen LogP contribution in [0, 0.1) is 29.6 Å². The molecule has 0 bridgehead atoms. The fraction of sp³-hybridized carbons (Fsp3) is 0.682. The lowest BCUT2D eigenvalue weighted by molar-refractivity contribution is -0.129. The summed E-state index contributed by atoms with van der Waals surface area (Å²) in [5.74, 6) is 11.8. The molecule has 0 aromatic rings. The van der Waals surface area contributed by atoms with E-state index in [1.165, 1.54) is 19.3 Å². The number of allylic oxidation sites excluding steroid dienone is 2. The maximum atomic E-state index is 11.6. The van der Waals surface area contributed by atoms with Crippen molar-refractivity contribution in [3.8, 4) is 23.7 Å². The zero-order valence-corrected chi connectivity index (χ0v) is 16.2. The molecule has 3 nitrogen and oxygen atoms in total. The molecule has 0 saturated heterocycles. The lowest BCUT2D eigenvalue weighted by Gasteiger charge is -2.12. The number of aliphatic hydroxyl groups excluding tert-OH is 1. The molecule has 0 spiro atoms. The fourth-order valence-corrected chi connectivity index (χ4v) is 2.12. The predicted octanol–water partition coefficient (Wildman–Crippen LogP) is 4.21. The summed E-state index contributed by atoms with van der Waals surface area (Å²) in [4.78, 5) is 11.6. The smallest absolute Gasteiger partial charge is 0.248 e. The minimum Gasteiger partial charge on any atom is -0.383 e. The van der Waals surface area contributed by atoms with Crippen LogP contribution in [-0.4, -0.2) is 23.7 Å². The summed E-state index contributed by atoms with van der Waals surface area (Å²) in [6.07, 6.45) is 12.0. The Bertz CT molecular complexity index is 486. The van der Waals surface area contributed by atoms with Crippen LogP contribution in [-0.2, 0) is 4.79 Å². The Morgan fingerprint density at radius 3 is 2.64 bits per heavy atom. The monoisotopic (exact) mass is 345 g/mol. The summed E-state index contributed by atoms with van der Waals surface area (Å²) in [5, 5.41) is 12.5. The molecular weight excluding hydrogens is 310 g/mol. The van der Waals surface area contributed by atoms with E-state index in [0.717, 1.165) is 32.1 Å². The van der Waals surface area contributed by atoms with Gasteiger partial charge in [-0.25, -0.2) is 0 Å². The van der Waals surface area contributed by atoms with Gasteiger partial charge in [-0.2, -0.15) is 0 Å². The van der Waals surface area contributed by atoms with Gasteiger partial charge in [0.2, 0.25) is 5.91 Å². The Kier molecular flexibility index (Phi) is 16.0. The van der Waals surface area contributed by atoms with Crippen molar-refractivity contribution in [2.75, 3.05) is 6.54 Å². The van der Waals surface area contributed by atoms with E-state index >= 15 is 0 Å². The second kappa shape index (κ2) is 17.1. The van der Waals surface area contributed by atoms with E-state index in [0.29, 0.717) is 18.9 Å². The van der Waals surface area contributed by atoms with E-state index in [1.807, 2.05) is 19.9 Å². The van der Waals surface area contributed by atoms with E-state index in [9.17, 15) is 9.90 Å². The van der Waals surface area contributed by atoms with Gasteiger partial charge in [0.05, 0.1) is 0 Å². The Hall–Kier alpha value is -1.71. The first-order chi connectivity index (χ1) is 12.1. The largest absolute Gasteiger partial charge is 0.383 e. The SMILES string of the molecule is CCCCCC=CC#CC#CCCCCCC(O)C(=O)NCC(C)C. The molecule has 0 aliphatic carbocycles. The number of carbonyl (C=O) groups excluding carboxylic acids is 1. The second-order valence-corrected chi connectivity index (χ2v) is 6.72. The quantitative estimate of drug-likeness (QED) is 0.411. The van der Waals surface area contributed by atoms with Crippen molar-refractivity contribution in [2.24, 2.45) is 5.92 Å². The van der Waals surface area contributed by atoms with Crippen molar-refractivity contribution in [1.82, 2.24) is 5.32 Å². The molecule has 1 amide bonds. The highest BCUT2D eigenvalue weighted by atomic mass is 16.3. The van der Waals surface area contributed by atoms with Crippen molar-refractivity contribution in [3.05, 3.63) is 12.2 Å². The second-order valence-electron chi connectivity index (χ2n) is 6.72. The molecule has 0 radical (unpaired) electrons. The third kappa shape index (κ3) is 16.9. The van der Waals surface area contributed by atoms with Crippen molar-refractivity contribution in [1.29, 1.82) is 0 Å². The number of amides is 1. The normalized spacial score (nSPS) is 11.6. The topological polar surface area (TPSA) is 49.3 Å². The zero-order chi connectivity index (χ0) is 18.8. The lowest BCUT2D eigenvalue weighted by atomic mass is 10.1. The Morgan fingerprint density at radius 1 is 1.12 bits per heavy atom. The Morgan fingerprint density at radius 2 is 1.92 bits per heavy atom. The molecule has 2 N–H and O–H groups in total. The molecule has 1 atom stereocenters. The number of carbonyl (C=O) groups is 1. The zero-order valence-electron chi connectivity index (χ0n) is 16.2. The highest BCUT2D eigenvalue weighted by molar-refractivity contribution is 5.80. The Labute approximate surface area is 154 Å². The van der Waals surface area contributed by atoms with Gasteiger partial charge in [0.15, 0.2) is 0 Å². The average molecular weight is 346 g/mol. The number of hydrogen-bond acceptors (Lipinski definition) is 2. The maximum Gasteiger partial charge on any atom is 0.248 e. The number of nitrogens with one attached hydrogen (secondary N) is 1. The van der Waals surface area contributed by atoms with Gasteiger partial charge in [0.25, 0.3) is 0 Å². The van der Waals surface area contributed by atoms with Gasteiger partial charge in [-0.3, -0.25) is 4.79 Å². The van der Waals surface area contributed by atoms with Crippen molar-refractivity contribution < 1.29 is 9.90 Å². The van der Waals surface area contributed by atoms with E-state index in [4.69, 9.17) is 0 Å². The van der Waals surface area contributed by atoms with Crippen LogP contribution in [0.15, 0.2) is 12.2 Å². The van der Waals surface area contributed by atoms with Gasteiger partial charge in [0, 0.05) is 13.0 Å². The van der Waals surface area contributed by atoms with E-state index < -0.39 is 6.10 Å².